The van der Waals surface area contributed by atoms with Crippen LogP contribution < -0.4 is 11.1 Å². The Morgan fingerprint density at radius 2 is 1.94 bits per heavy atom. The number of hydrogen-bond acceptors (Lipinski definition) is 6. The van der Waals surface area contributed by atoms with Gasteiger partial charge < -0.3 is 20.7 Å². The lowest BCUT2D eigenvalue weighted by molar-refractivity contribution is -0.137. The summed E-state index contributed by atoms with van der Waals surface area (Å²) in [6.07, 6.45) is 1.04. The van der Waals surface area contributed by atoms with Gasteiger partial charge in [-0.05, 0) is 75.1 Å². The van der Waals surface area contributed by atoms with Crippen molar-refractivity contribution in [3.63, 3.8) is 0 Å². The Morgan fingerprint density at radius 3 is 2.58 bits per heavy atom. The molecule has 36 heavy (non-hydrogen) atoms. The van der Waals surface area contributed by atoms with Crippen molar-refractivity contribution in [3.05, 3.63) is 59.6 Å². The first-order valence-electron chi connectivity index (χ1n) is 11.5. The molecule has 3 aromatic rings. The highest BCUT2D eigenvalue weighted by Gasteiger charge is 2.31. The van der Waals surface area contributed by atoms with E-state index in [0.29, 0.717) is 36.4 Å². The number of nitrogen functional groups attached to an aromatic ring is 1. The molecule has 1 aromatic carbocycles. The van der Waals surface area contributed by atoms with E-state index in [1.165, 1.54) is 12.4 Å². The van der Waals surface area contributed by atoms with E-state index < -0.39 is 23.4 Å². The number of carbonyl (C=O) groups excluding carboxylic acids is 1. The fourth-order valence-corrected chi connectivity index (χ4v) is 4.02. The van der Waals surface area contributed by atoms with Crippen LogP contribution in [-0.4, -0.2) is 44.3 Å². The first-order valence-corrected chi connectivity index (χ1v) is 11.5. The molecule has 4 rings (SSSR count). The van der Waals surface area contributed by atoms with Crippen LogP contribution in [0.25, 0.3) is 11.1 Å². The second-order valence-corrected chi connectivity index (χ2v) is 9.83. The topological polar surface area (TPSA) is 97.8 Å². The quantitative estimate of drug-likeness (QED) is 0.456. The molecule has 0 saturated carbocycles. The molecule has 8 nitrogen and oxygen atoms in total. The average molecular weight is 503 g/mol. The monoisotopic (exact) mass is 502 g/mol. The predicted octanol–water partition coefficient (Wildman–Crippen LogP) is 5.53. The summed E-state index contributed by atoms with van der Waals surface area (Å²) < 4.78 is 46.8. The summed E-state index contributed by atoms with van der Waals surface area (Å²) in [5.74, 6) is 0.478. The number of benzene rings is 1. The normalized spacial score (nSPS) is 15.5. The maximum atomic E-state index is 13.2. The molecule has 1 aliphatic heterocycles. The number of hydrogen-bond donors (Lipinski definition) is 2. The Kier molecular flexibility index (Phi) is 6.59. The minimum Gasteiger partial charge on any atom is -0.444 e. The van der Waals surface area contributed by atoms with Crippen LogP contribution in [0.3, 0.4) is 0 Å². The molecule has 3 N–H and O–H groups in total. The predicted molar refractivity (Wildman–Crippen MR) is 131 cm³/mol. The highest BCUT2D eigenvalue weighted by Crippen LogP contribution is 2.34. The molecule has 0 bridgehead atoms. The Hall–Kier alpha value is -3.76. The van der Waals surface area contributed by atoms with Gasteiger partial charge in [0.15, 0.2) is 5.82 Å². The van der Waals surface area contributed by atoms with E-state index in [1.54, 1.807) is 16.3 Å². The molecule has 192 valence electrons. The zero-order valence-corrected chi connectivity index (χ0v) is 20.6. The first-order chi connectivity index (χ1) is 16.8. The van der Waals surface area contributed by atoms with Crippen LogP contribution in [0.4, 0.5) is 29.5 Å². The maximum absolute atomic E-state index is 13.2. The molecular weight excluding hydrogens is 473 g/mol. The van der Waals surface area contributed by atoms with Gasteiger partial charge in [-0.1, -0.05) is 6.08 Å². The number of nitrogens with zero attached hydrogens (tertiary/aromatic N) is 4. The standard InChI is InChI=1S/C25H29F3N6O2/c1-15(17-9-19(25(26,27)28)12-20(29)10-17)32-22-21-11-18(13-34(21)31-14-30-22)16-5-7-33(8-6-16)23(35)36-24(2,3)4/h5,9-15H,6-8,29H2,1-4H3,(H,30,31,32)/t15-/m1/s1. The minimum atomic E-state index is -4.49. The molecule has 0 fully saturated rings. The lowest BCUT2D eigenvalue weighted by Gasteiger charge is -2.29. The first kappa shape index (κ1) is 25.3. The van der Waals surface area contributed by atoms with E-state index in [1.807, 2.05) is 39.1 Å². The van der Waals surface area contributed by atoms with Crippen molar-refractivity contribution in [2.24, 2.45) is 0 Å². The van der Waals surface area contributed by atoms with Gasteiger partial charge in [-0.25, -0.2) is 14.3 Å². The van der Waals surface area contributed by atoms with Crippen LogP contribution in [0.15, 0.2) is 42.9 Å². The molecule has 1 atom stereocenters. The van der Waals surface area contributed by atoms with Gasteiger partial charge in [0, 0.05) is 25.0 Å². The van der Waals surface area contributed by atoms with Crippen LogP contribution in [-0.2, 0) is 10.9 Å². The summed E-state index contributed by atoms with van der Waals surface area (Å²) in [4.78, 5) is 18.3. The summed E-state index contributed by atoms with van der Waals surface area (Å²) >= 11 is 0. The number of nitrogens with two attached hydrogens (primary N) is 1. The molecular formula is C25H29F3N6O2. The molecule has 1 aliphatic rings. The SMILES string of the molecule is C[C@@H](Nc1ncnn2cc(C3=CCN(C(=O)OC(C)(C)C)CC3)cc12)c1cc(N)cc(C(F)(F)F)c1. The molecule has 0 radical (unpaired) electrons. The molecule has 0 spiro atoms. The number of amides is 1. The van der Waals surface area contributed by atoms with Gasteiger partial charge in [-0.3, -0.25) is 0 Å². The summed E-state index contributed by atoms with van der Waals surface area (Å²) in [7, 11) is 0. The Balaban J connectivity index is 1.54. The van der Waals surface area contributed by atoms with Gasteiger partial charge in [-0.15, -0.1) is 0 Å². The number of nitrogens with one attached hydrogen (secondary N) is 1. The number of alkyl halides is 3. The van der Waals surface area contributed by atoms with E-state index in [4.69, 9.17) is 10.5 Å². The fourth-order valence-electron chi connectivity index (χ4n) is 4.02. The molecule has 0 unspecified atom stereocenters. The number of fused-ring (bicyclic) bond motifs is 1. The van der Waals surface area contributed by atoms with E-state index in [2.05, 4.69) is 15.4 Å². The summed E-state index contributed by atoms with van der Waals surface area (Å²) in [5, 5.41) is 7.45. The van der Waals surface area contributed by atoms with Crippen molar-refractivity contribution in [2.45, 2.75) is 51.9 Å². The number of aromatic nitrogens is 3. The van der Waals surface area contributed by atoms with E-state index >= 15 is 0 Å². The van der Waals surface area contributed by atoms with Crippen LogP contribution in [0, 0.1) is 0 Å². The highest BCUT2D eigenvalue weighted by atomic mass is 19.4. The van der Waals surface area contributed by atoms with E-state index in [0.717, 1.165) is 23.3 Å². The van der Waals surface area contributed by atoms with Crippen molar-refractivity contribution in [2.75, 3.05) is 24.1 Å². The van der Waals surface area contributed by atoms with Crippen molar-refractivity contribution in [1.82, 2.24) is 19.5 Å². The molecule has 0 saturated heterocycles. The van der Waals surface area contributed by atoms with Crippen LogP contribution >= 0.6 is 0 Å². The molecule has 2 aromatic heterocycles. The highest BCUT2D eigenvalue weighted by molar-refractivity contribution is 5.78. The lowest BCUT2D eigenvalue weighted by Crippen LogP contribution is -2.39. The van der Waals surface area contributed by atoms with Crippen molar-refractivity contribution in [1.29, 1.82) is 0 Å². The van der Waals surface area contributed by atoms with Gasteiger partial charge in [0.2, 0.25) is 0 Å². The number of carbonyl (C=O) groups is 1. The third-order valence-electron chi connectivity index (χ3n) is 5.80. The number of ether oxygens (including phenoxy) is 1. The molecule has 3 heterocycles. The maximum Gasteiger partial charge on any atom is 0.416 e. The van der Waals surface area contributed by atoms with E-state index in [-0.39, 0.29) is 11.8 Å². The average Bonchev–Trinajstić information content (AvgIpc) is 3.22. The van der Waals surface area contributed by atoms with Crippen LogP contribution in [0.5, 0.6) is 0 Å². The van der Waals surface area contributed by atoms with Crippen LogP contribution in [0.1, 0.15) is 56.8 Å². The fraction of sp³-hybridized carbons (Fsp3) is 0.400. The summed E-state index contributed by atoms with van der Waals surface area (Å²) in [6, 6.07) is 4.94. The zero-order chi connectivity index (χ0) is 26.3. The smallest absolute Gasteiger partial charge is 0.416 e. The number of halogens is 3. The Morgan fingerprint density at radius 1 is 1.19 bits per heavy atom. The summed E-state index contributed by atoms with van der Waals surface area (Å²) in [5.41, 5.74) is 7.47. The zero-order valence-electron chi connectivity index (χ0n) is 20.6. The largest absolute Gasteiger partial charge is 0.444 e. The van der Waals surface area contributed by atoms with Crippen molar-refractivity contribution < 1.29 is 22.7 Å². The molecule has 0 aliphatic carbocycles. The second kappa shape index (κ2) is 9.36. The van der Waals surface area contributed by atoms with Gasteiger partial charge in [0.1, 0.15) is 17.4 Å². The van der Waals surface area contributed by atoms with Gasteiger partial charge in [-0.2, -0.15) is 18.3 Å². The van der Waals surface area contributed by atoms with Crippen LogP contribution in [0.2, 0.25) is 0 Å². The molecule has 1 amide bonds. The number of anilines is 2. The van der Waals surface area contributed by atoms with Gasteiger partial charge >= 0.3 is 12.3 Å². The van der Waals surface area contributed by atoms with Gasteiger partial charge in [0.05, 0.1) is 11.6 Å². The Labute approximate surface area is 206 Å². The molecule has 11 heteroatoms. The third-order valence-corrected chi connectivity index (χ3v) is 5.80. The third kappa shape index (κ3) is 5.72. The van der Waals surface area contributed by atoms with Gasteiger partial charge in [0.25, 0.3) is 0 Å². The number of rotatable bonds is 4. The Bertz CT molecular complexity index is 1310. The summed E-state index contributed by atoms with van der Waals surface area (Å²) in [6.45, 7) is 8.19. The van der Waals surface area contributed by atoms with Crippen molar-refractivity contribution >= 4 is 28.7 Å². The van der Waals surface area contributed by atoms with Crippen molar-refractivity contribution in [3.8, 4) is 0 Å². The van der Waals surface area contributed by atoms with E-state index in [9.17, 15) is 18.0 Å². The minimum absolute atomic E-state index is 0.0379. The second-order valence-electron chi connectivity index (χ2n) is 9.83. The lowest BCUT2D eigenvalue weighted by atomic mass is 10.0.